The summed E-state index contributed by atoms with van der Waals surface area (Å²) >= 11 is 0. The Balaban J connectivity index is 3.04. The monoisotopic (exact) mass is 230 g/mol. The van der Waals surface area contributed by atoms with E-state index in [0.717, 1.165) is 12.1 Å². The van der Waals surface area contributed by atoms with Crippen molar-refractivity contribution in [2.45, 2.75) is 6.18 Å². The van der Waals surface area contributed by atoms with Crippen molar-refractivity contribution in [3.05, 3.63) is 29.3 Å². The molecule has 3 nitrogen and oxygen atoms in total. The van der Waals surface area contributed by atoms with Gasteiger partial charge in [0.05, 0.1) is 17.2 Å². The number of hydrogen-bond acceptors (Lipinski definition) is 3. The molecule has 0 saturated heterocycles. The van der Waals surface area contributed by atoms with Gasteiger partial charge in [-0.25, -0.2) is 0 Å². The topological polar surface area (TPSA) is 59.0 Å². The van der Waals surface area contributed by atoms with Crippen molar-refractivity contribution in [1.29, 1.82) is 5.26 Å². The molecule has 86 valence electrons. The number of hydrogen-bond donors (Lipinski definition) is 1. The fraction of sp³-hybridized carbons (Fsp3) is 0.300. The van der Waals surface area contributed by atoms with Crippen molar-refractivity contribution in [2.75, 3.05) is 13.2 Å². The van der Waals surface area contributed by atoms with Crippen LogP contribution in [-0.2, 0) is 6.18 Å². The summed E-state index contributed by atoms with van der Waals surface area (Å²) in [6.07, 6.45) is -4.53. The highest BCUT2D eigenvalue weighted by Crippen LogP contribution is 2.33. The van der Waals surface area contributed by atoms with E-state index in [0.29, 0.717) is 0 Å². The van der Waals surface area contributed by atoms with Crippen LogP contribution < -0.4 is 10.5 Å². The Kier molecular flexibility index (Phi) is 3.74. The molecular formula is C10H9F3N2O. The summed E-state index contributed by atoms with van der Waals surface area (Å²) < 4.78 is 42.2. The molecule has 16 heavy (non-hydrogen) atoms. The number of nitrogens with zero attached hydrogens (tertiary/aromatic N) is 1. The highest BCUT2D eigenvalue weighted by Gasteiger charge is 2.33. The van der Waals surface area contributed by atoms with E-state index in [4.69, 9.17) is 15.7 Å². The van der Waals surface area contributed by atoms with Gasteiger partial charge in [0.2, 0.25) is 0 Å². The molecule has 2 N–H and O–H groups in total. The number of benzene rings is 1. The van der Waals surface area contributed by atoms with E-state index in [2.05, 4.69) is 0 Å². The van der Waals surface area contributed by atoms with Gasteiger partial charge in [-0.15, -0.1) is 0 Å². The number of halogens is 3. The summed E-state index contributed by atoms with van der Waals surface area (Å²) in [4.78, 5) is 0. The number of rotatable bonds is 3. The SMILES string of the molecule is N#Cc1cc(OCCN)ccc1C(F)(F)F. The summed E-state index contributed by atoms with van der Waals surface area (Å²) in [5.74, 6) is 0.204. The first-order valence-corrected chi connectivity index (χ1v) is 4.43. The lowest BCUT2D eigenvalue weighted by Crippen LogP contribution is -2.12. The highest BCUT2D eigenvalue weighted by molar-refractivity contribution is 5.44. The summed E-state index contributed by atoms with van der Waals surface area (Å²) in [5, 5.41) is 8.60. The molecule has 0 fully saturated rings. The van der Waals surface area contributed by atoms with Gasteiger partial charge in [0.25, 0.3) is 0 Å². The molecule has 0 bridgehead atoms. The Hall–Kier alpha value is -1.74. The lowest BCUT2D eigenvalue weighted by molar-refractivity contribution is -0.137. The summed E-state index contributed by atoms with van der Waals surface area (Å²) in [6, 6.07) is 4.53. The molecule has 0 atom stereocenters. The maximum absolute atomic E-state index is 12.4. The Morgan fingerprint density at radius 3 is 2.56 bits per heavy atom. The average Bonchev–Trinajstić information content (AvgIpc) is 2.24. The Morgan fingerprint density at radius 1 is 1.38 bits per heavy atom. The third kappa shape index (κ3) is 2.87. The van der Waals surface area contributed by atoms with Crippen molar-refractivity contribution in [3.63, 3.8) is 0 Å². The van der Waals surface area contributed by atoms with Crippen LogP contribution in [0.5, 0.6) is 5.75 Å². The van der Waals surface area contributed by atoms with Crippen LogP contribution >= 0.6 is 0 Å². The van der Waals surface area contributed by atoms with Gasteiger partial charge in [0, 0.05) is 6.54 Å². The van der Waals surface area contributed by atoms with E-state index in [1.807, 2.05) is 0 Å². The second-order valence-corrected chi connectivity index (χ2v) is 2.95. The van der Waals surface area contributed by atoms with E-state index >= 15 is 0 Å². The first kappa shape index (κ1) is 12.3. The molecule has 1 aromatic carbocycles. The zero-order valence-electron chi connectivity index (χ0n) is 8.21. The molecule has 1 aromatic rings. The van der Waals surface area contributed by atoms with Crippen molar-refractivity contribution < 1.29 is 17.9 Å². The van der Waals surface area contributed by atoms with Gasteiger partial charge < -0.3 is 10.5 Å². The Labute approximate surface area is 90.2 Å². The third-order valence-corrected chi connectivity index (χ3v) is 1.80. The lowest BCUT2D eigenvalue weighted by Gasteiger charge is -2.10. The van der Waals surface area contributed by atoms with Crippen LogP contribution in [0, 0.1) is 11.3 Å². The standard InChI is InChI=1S/C10H9F3N2O/c11-10(12,13)9-2-1-8(16-4-3-14)5-7(9)6-15/h1-2,5H,3-4,14H2. The normalized spacial score (nSPS) is 10.9. The molecular weight excluding hydrogens is 221 g/mol. The van der Waals surface area contributed by atoms with Gasteiger partial charge in [-0.1, -0.05) is 0 Å². The van der Waals surface area contributed by atoms with Crippen molar-refractivity contribution in [1.82, 2.24) is 0 Å². The molecule has 0 amide bonds. The molecule has 0 aliphatic rings. The summed E-state index contributed by atoms with van der Waals surface area (Å²) in [7, 11) is 0. The largest absolute Gasteiger partial charge is 0.492 e. The number of alkyl halides is 3. The molecule has 6 heteroatoms. The molecule has 0 heterocycles. The smallest absolute Gasteiger partial charge is 0.417 e. The number of nitriles is 1. The van der Waals surface area contributed by atoms with Crippen LogP contribution in [0.15, 0.2) is 18.2 Å². The van der Waals surface area contributed by atoms with Crippen molar-refractivity contribution in [2.24, 2.45) is 5.73 Å². The first-order chi connectivity index (χ1) is 7.49. The molecule has 0 radical (unpaired) electrons. The summed E-state index contributed by atoms with van der Waals surface area (Å²) in [5.41, 5.74) is 3.76. The van der Waals surface area contributed by atoms with E-state index < -0.39 is 17.3 Å². The molecule has 0 unspecified atom stereocenters. The Morgan fingerprint density at radius 2 is 2.06 bits per heavy atom. The second-order valence-electron chi connectivity index (χ2n) is 2.95. The van der Waals surface area contributed by atoms with Gasteiger partial charge in [-0.2, -0.15) is 18.4 Å². The van der Waals surface area contributed by atoms with Gasteiger partial charge >= 0.3 is 6.18 Å². The van der Waals surface area contributed by atoms with E-state index in [-0.39, 0.29) is 18.9 Å². The van der Waals surface area contributed by atoms with Gasteiger partial charge in [-0.05, 0) is 18.2 Å². The molecule has 0 spiro atoms. The molecule has 0 saturated carbocycles. The predicted octanol–water partition coefficient (Wildman–Crippen LogP) is 1.91. The minimum Gasteiger partial charge on any atom is -0.492 e. The van der Waals surface area contributed by atoms with Crippen LogP contribution in [0.3, 0.4) is 0 Å². The van der Waals surface area contributed by atoms with E-state index in [1.165, 1.54) is 12.1 Å². The minimum absolute atomic E-state index is 0.191. The second kappa shape index (κ2) is 4.86. The fourth-order valence-electron chi connectivity index (χ4n) is 1.13. The van der Waals surface area contributed by atoms with E-state index in [1.54, 1.807) is 0 Å². The van der Waals surface area contributed by atoms with Gasteiger partial charge in [-0.3, -0.25) is 0 Å². The van der Waals surface area contributed by atoms with Crippen LogP contribution in [0.25, 0.3) is 0 Å². The molecule has 0 aliphatic heterocycles. The maximum atomic E-state index is 12.4. The quantitative estimate of drug-likeness (QED) is 0.862. The van der Waals surface area contributed by atoms with Crippen molar-refractivity contribution >= 4 is 0 Å². The zero-order valence-corrected chi connectivity index (χ0v) is 8.21. The first-order valence-electron chi connectivity index (χ1n) is 4.43. The fourth-order valence-corrected chi connectivity index (χ4v) is 1.13. The molecule has 0 aliphatic carbocycles. The summed E-state index contributed by atoms with van der Waals surface area (Å²) in [6.45, 7) is 0.444. The maximum Gasteiger partial charge on any atom is 0.417 e. The number of nitrogens with two attached hydrogens (primary N) is 1. The van der Waals surface area contributed by atoms with Crippen LogP contribution in [0.4, 0.5) is 13.2 Å². The molecule has 0 aromatic heterocycles. The van der Waals surface area contributed by atoms with Crippen LogP contribution in [0.2, 0.25) is 0 Å². The number of ether oxygens (including phenoxy) is 1. The average molecular weight is 230 g/mol. The van der Waals surface area contributed by atoms with Gasteiger partial charge in [0.15, 0.2) is 0 Å². The Bertz CT molecular complexity index is 410. The zero-order chi connectivity index (χ0) is 12.2. The van der Waals surface area contributed by atoms with E-state index in [9.17, 15) is 13.2 Å². The van der Waals surface area contributed by atoms with Crippen LogP contribution in [-0.4, -0.2) is 13.2 Å². The highest BCUT2D eigenvalue weighted by atomic mass is 19.4. The van der Waals surface area contributed by atoms with Crippen LogP contribution in [0.1, 0.15) is 11.1 Å². The third-order valence-electron chi connectivity index (χ3n) is 1.80. The lowest BCUT2D eigenvalue weighted by atomic mass is 10.1. The predicted molar refractivity (Wildman–Crippen MR) is 50.7 cm³/mol. The van der Waals surface area contributed by atoms with Crippen molar-refractivity contribution in [3.8, 4) is 11.8 Å². The van der Waals surface area contributed by atoms with Gasteiger partial charge in [0.1, 0.15) is 12.4 Å². The molecule has 1 rings (SSSR count). The minimum atomic E-state index is -4.53.